The van der Waals surface area contributed by atoms with Crippen molar-refractivity contribution >= 4 is 28.3 Å². The topological polar surface area (TPSA) is 84.4 Å². The molecular weight excluding hydrogens is 328 g/mol. The van der Waals surface area contributed by atoms with Crippen molar-refractivity contribution in [1.82, 2.24) is 15.1 Å². The van der Waals surface area contributed by atoms with Crippen molar-refractivity contribution in [2.24, 2.45) is 5.92 Å². The van der Waals surface area contributed by atoms with Crippen molar-refractivity contribution in [3.05, 3.63) is 5.01 Å². The Morgan fingerprint density at radius 1 is 1.42 bits per heavy atom. The van der Waals surface area contributed by atoms with Gasteiger partial charge >= 0.3 is 0 Å². The highest BCUT2D eigenvalue weighted by atomic mass is 32.1. The number of nitrogens with zero attached hydrogens (tertiary/aromatic N) is 3. The third-order valence-corrected chi connectivity index (χ3v) is 5.48. The molecule has 0 saturated carbocycles. The van der Waals surface area contributed by atoms with Crippen LogP contribution in [0.4, 0.5) is 5.13 Å². The van der Waals surface area contributed by atoms with E-state index in [1.165, 1.54) is 11.3 Å². The second kappa shape index (κ2) is 8.53. The summed E-state index contributed by atoms with van der Waals surface area (Å²) < 4.78 is 5.09. The van der Waals surface area contributed by atoms with E-state index >= 15 is 0 Å². The van der Waals surface area contributed by atoms with Gasteiger partial charge < -0.3 is 15.0 Å². The number of hydrogen-bond acceptors (Lipinski definition) is 6. The van der Waals surface area contributed by atoms with E-state index in [1.54, 1.807) is 12.0 Å². The molecule has 2 amide bonds. The number of methoxy groups -OCH3 is 1. The summed E-state index contributed by atoms with van der Waals surface area (Å²) >= 11 is 1.42. The van der Waals surface area contributed by atoms with E-state index in [-0.39, 0.29) is 30.2 Å². The van der Waals surface area contributed by atoms with Gasteiger partial charge in [-0.1, -0.05) is 25.2 Å². The Labute approximate surface area is 146 Å². The molecule has 0 spiro atoms. The van der Waals surface area contributed by atoms with Crippen molar-refractivity contribution in [1.29, 1.82) is 0 Å². The molecule has 1 aliphatic rings. The summed E-state index contributed by atoms with van der Waals surface area (Å²) in [5.74, 6) is -0.138. The molecule has 1 saturated heterocycles. The van der Waals surface area contributed by atoms with Gasteiger partial charge in [-0.05, 0) is 19.8 Å². The second-order valence-corrected chi connectivity index (χ2v) is 7.21. The number of carbonyl (C=O) groups excluding carboxylic acids is 2. The lowest BCUT2D eigenvalue weighted by Crippen LogP contribution is -2.38. The first kappa shape index (κ1) is 18.8. The summed E-state index contributed by atoms with van der Waals surface area (Å²) in [7, 11) is 1.61. The molecule has 2 atom stereocenters. The smallest absolute Gasteiger partial charge is 0.231 e. The average Bonchev–Trinajstić information content (AvgIpc) is 3.16. The molecule has 1 aliphatic heterocycles. The first-order valence-corrected chi connectivity index (χ1v) is 9.24. The molecular formula is C16H26N4O3S. The summed E-state index contributed by atoms with van der Waals surface area (Å²) in [5.41, 5.74) is 0. The molecule has 0 aromatic carbocycles. The van der Waals surface area contributed by atoms with Crippen LogP contribution in [-0.4, -0.2) is 53.2 Å². The number of nitrogens with one attached hydrogen (secondary N) is 1. The van der Waals surface area contributed by atoms with Gasteiger partial charge in [0, 0.05) is 26.0 Å². The molecule has 1 aromatic heterocycles. The van der Waals surface area contributed by atoms with Crippen molar-refractivity contribution in [3.8, 4) is 0 Å². The molecule has 0 bridgehead atoms. The largest absolute Gasteiger partial charge is 0.383 e. The first-order chi connectivity index (χ1) is 11.5. The molecule has 8 heteroatoms. The fraction of sp³-hybridized carbons (Fsp3) is 0.750. The molecule has 0 radical (unpaired) electrons. The molecule has 1 N–H and O–H groups in total. The van der Waals surface area contributed by atoms with Gasteiger partial charge in [0.25, 0.3) is 0 Å². The highest BCUT2D eigenvalue weighted by Gasteiger charge is 2.36. The molecule has 2 rings (SSSR count). The van der Waals surface area contributed by atoms with Crippen LogP contribution in [0.2, 0.25) is 0 Å². The van der Waals surface area contributed by atoms with Crippen LogP contribution in [0.25, 0.3) is 0 Å². The number of aromatic nitrogens is 2. The van der Waals surface area contributed by atoms with Crippen LogP contribution < -0.4 is 5.32 Å². The Kier molecular flexibility index (Phi) is 6.68. The zero-order valence-corrected chi connectivity index (χ0v) is 15.6. The number of hydrogen-bond donors (Lipinski definition) is 1. The number of rotatable bonds is 8. The number of ether oxygens (including phenoxy) is 1. The van der Waals surface area contributed by atoms with Crippen LogP contribution in [0, 0.1) is 5.92 Å². The van der Waals surface area contributed by atoms with Crippen LogP contribution in [0.15, 0.2) is 0 Å². The summed E-state index contributed by atoms with van der Waals surface area (Å²) in [6.45, 7) is 7.05. The highest BCUT2D eigenvalue weighted by molar-refractivity contribution is 7.15. The standard InChI is InChI=1S/C16H26N4O3S/c1-5-11(6-2)15-18-19-16(24-15)17-14(22)12-7-13(21)20(8-12)10(3)9-23-4/h10-12H,5-9H2,1-4H3,(H,17,19,22)/t10-,12-/m0/s1. The van der Waals surface area contributed by atoms with Gasteiger partial charge in [0.15, 0.2) is 0 Å². The molecule has 0 unspecified atom stereocenters. The van der Waals surface area contributed by atoms with E-state index in [0.29, 0.717) is 24.2 Å². The third-order valence-electron chi connectivity index (χ3n) is 4.47. The van der Waals surface area contributed by atoms with Gasteiger partial charge in [0.1, 0.15) is 5.01 Å². The number of anilines is 1. The van der Waals surface area contributed by atoms with E-state index in [1.807, 2.05) is 6.92 Å². The summed E-state index contributed by atoms with van der Waals surface area (Å²) in [6.07, 6.45) is 2.24. The molecule has 24 heavy (non-hydrogen) atoms. The number of amides is 2. The van der Waals surface area contributed by atoms with E-state index in [2.05, 4.69) is 29.4 Å². The zero-order valence-electron chi connectivity index (χ0n) is 14.7. The molecule has 1 aromatic rings. The zero-order chi connectivity index (χ0) is 17.7. The first-order valence-electron chi connectivity index (χ1n) is 8.42. The lowest BCUT2D eigenvalue weighted by molar-refractivity contribution is -0.130. The number of carbonyl (C=O) groups is 2. The maximum absolute atomic E-state index is 12.4. The molecule has 2 heterocycles. The predicted molar refractivity (Wildman–Crippen MR) is 93.0 cm³/mol. The van der Waals surface area contributed by atoms with E-state index < -0.39 is 0 Å². The van der Waals surface area contributed by atoms with Crippen molar-refractivity contribution in [3.63, 3.8) is 0 Å². The fourth-order valence-electron chi connectivity index (χ4n) is 2.96. The monoisotopic (exact) mass is 354 g/mol. The van der Waals surface area contributed by atoms with Gasteiger partial charge in [-0.3, -0.25) is 9.59 Å². The van der Waals surface area contributed by atoms with Crippen molar-refractivity contribution in [2.75, 3.05) is 25.6 Å². The maximum Gasteiger partial charge on any atom is 0.231 e. The van der Waals surface area contributed by atoms with E-state index in [9.17, 15) is 9.59 Å². The Bertz CT molecular complexity index is 573. The van der Waals surface area contributed by atoms with Gasteiger partial charge in [-0.2, -0.15) is 0 Å². The van der Waals surface area contributed by atoms with Crippen LogP contribution >= 0.6 is 11.3 Å². The highest BCUT2D eigenvalue weighted by Crippen LogP contribution is 2.29. The van der Waals surface area contributed by atoms with Crippen molar-refractivity contribution in [2.45, 2.75) is 52.0 Å². The SMILES string of the molecule is CCC(CC)c1nnc(NC(=O)[C@H]2CC(=O)N([C@@H](C)COC)C2)s1. The summed E-state index contributed by atoms with van der Waals surface area (Å²) in [5, 5.41) is 12.5. The normalized spacial score (nSPS) is 19.1. The molecule has 134 valence electrons. The van der Waals surface area contributed by atoms with E-state index in [0.717, 1.165) is 17.8 Å². The molecule has 1 fully saturated rings. The van der Waals surface area contributed by atoms with Gasteiger partial charge in [0.05, 0.1) is 18.6 Å². The molecule has 0 aliphatic carbocycles. The predicted octanol–water partition coefficient (Wildman–Crippen LogP) is 2.26. The van der Waals surface area contributed by atoms with Crippen LogP contribution in [0.5, 0.6) is 0 Å². The summed E-state index contributed by atoms with van der Waals surface area (Å²) in [6, 6.07) is -0.0247. The summed E-state index contributed by atoms with van der Waals surface area (Å²) in [4.78, 5) is 26.2. The maximum atomic E-state index is 12.4. The minimum absolute atomic E-state index is 0.00492. The third kappa shape index (κ3) is 4.30. The van der Waals surface area contributed by atoms with Crippen molar-refractivity contribution < 1.29 is 14.3 Å². The number of likely N-dealkylation sites (tertiary alicyclic amines) is 1. The fourth-order valence-corrected chi connectivity index (χ4v) is 3.97. The lowest BCUT2D eigenvalue weighted by atomic mass is 10.1. The lowest BCUT2D eigenvalue weighted by Gasteiger charge is -2.23. The Morgan fingerprint density at radius 3 is 2.75 bits per heavy atom. The van der Waals surface area contributed by atoms with Crippen LogP contribution in [-0.2, 0) is 14.3 Å². The Hall–Kier alpha value is -1.54. The Balaban J connectivity index is 1.95. The minimum atomic E-state index is -0.350. The molecule has 7 nitrogen and oxygen atoms in total. The van der Waals surface area contributed by atoms with Crippen LogP contribution in [0.1, 0.15) is 51.0 Å². The average molecular weight is 354 g/mol. The second-order valence-electron chi connectivity index (χ2n) is 6.20. The minimum Gasteiger partial charge on any atom is -0.383 e. The quantitative estimate of drug-likeness (QED) is 0.774. The van der Waals surface area contributed by atoms with Gasteiger partial charge in [0.2, 0.25) is 16.9 Å². The van der Waals surface area contributed by atoms with Gasteiger partial charge in [-0.25, -0.2) is 0 Å². The van der Waals surface area contributed by atoms with Gasteiger partial charge in [-0.15, -0.1) is 10.2 Å². The van der Waals surface area contributed by atoms with Crippen LogP contribution in [0.3, 0.4) is 0 Å². The Morgan fingerprint density at radius 2 is 2.12 bits per heavy atom. The van der Waals surface area contributed by atoms with E-state index in [4.69, 9.17) is 4.74 Å².